The van der Waals surface area contributed by atoms with Gasteiger partial charge in [-0.25, -0.2) is 5.84 Å². The second-order valence-electron chi connectivity index (χ2n) is 5.42. The van der Waals surface area contributed by atoms with Crippen LogP contribution >= 0.6 is 0 Å². The fraction of sp³-hybridized carbons (Fsp3) is 0.917. The van der Waals surface area contributed by atoms with Gasteiger partial charge in [-0.05, 0) is 32.7 Å². The van der Waals surface area contributed by atoms with Crippen LogP contribution in [0.5, 0.6) is 0 Å². The fourth-order valence-electron chi connectivity index (χ4n) is 2.02. The highest BCUT2D eigenvalue weighted by Gasteiger charge is 2.23. The first-order chi connectivity index (χ1) is 8.02. The number of hydrogen-bond donors (Lipinski definition) is 3. The summed E-state index contributed by atoms with van der Waals surface area (Å²) in [6.45, 7) is 8.48. The minimum atomic E-state index is 0.475. The van der Waals surface area contributed by atoms with Gasteiger partial charge < -0.3 is 10.2 Å². The van der Waals surface area contributed by atoms with Gasteiger partial charge in [0.05, 0.1) is 0 Å². The van der Waals surface area contributed by atoms with Crippen molar-refractivity contribution in [2.75, 3.05) is 20.1 Å². The zero-order valence-electron chi connectivity index (χ0n) is 11.5. The third-order valence-electron chi connectivity index (χ3n) is 3.30. The third-order valence-corrected chi connectivity index (χ3v) is 3.30. The van der Waals surface area contributed by atoms with Crippen LogP contribution in [0.15, 0.2) is 4.99 Å². The summed E-state index contributed by atoms with van der Waals surface area (Å²) < 4.78 is 0. The maximum absolute atomic E-state index is 5.48. The molecule has 0 spiro atoms. The molecule has 2 unspecified atom stereocenters. The van der Waals surface area contributed by atoms with E-state index in [1.807, 2.05) is 0 Å². The number of piperidine rings is 1. The van der Waals surface area contributed by atoms with Gasteiger partial charge in [-0.1, -0.05) is 13.8 Å². The Labute approximate surface area is 105 Å². The van der Waals surface area contributed by atoms with Crippen molar-refractivity contribution in [3.8, 4) is 0 Å². The first-order valence-electron chi connectivity index (χ1n) is 6.50. The van der Waals surface area contributed by atoms with E-state index in [-0.39, 0.29) is 0 Å². The van der Waals surface area contributed by atoms with Crippen LogP contribution in [-0.4, -0.2) is 43.1 Å². The predicted octanol–water partition coefficient (Wildman–Crippen LogP) is 0.534. The summed E-state index contributed by atoms with van der Waals surface area (Å²) in [5.41, 5.74) is 2.66. The molecule has 1 aliphatic heterocycles. The first-order valence-corrected chi connectivity index (χ1v) is 6.50. The second-order valence-corrected chi connectivity index (χ2v) is 5.42. The van der Waals surface area contributed by atoms with Gasteiger partial charge in [-0.2, -0.15) is 0 Å². The lowest BCUT2D eigenvalue weighted by atomic mass is 9.99. The highest BCUT2D eigenvalue weighted by Crippen LogP contribution is 2.14. The first kappa shape index (κ1) is 14.3. The molecular weight excluding hydrogens is 214 g/mol. The smallest absolute Gasteiger partial charge is 0.205 e. The molecule has 0 aromatic rings. The van der Waals surface area contributed by atoms with Crippen LogP contribution in [0.3, 0.4) is 0 Å². The molecule has 0 amide bonds. The monoisotopic (exact) mass is 241 g/mol. The number of likely N-dealkylation sites (tertiary alicyclic amines) is 1. The van der Waals surface area contributed by atoms with Crippen molar-refractivity contribution in [1.82, 2.24) is 15.6 Å². The third kappa shape index (κ3) is 4.91. The van der Waals surface area contributed by atoms with E-state index in [4.69, 9.17) is 5.84 Å². The van der Waals surface area contributed by atoms with Crippen LogP contribution < -0.4 is 16.6 Å². The molecule has 1 aliphatic rings. The Balaban J connectivity index is 2.43. The second kappa shape index (κ2) is 6.81. The van der Waals surface area contributed by atoms with Crippen molar-refractivity contribution in [2.24, 2.45) is 16.8 Å². The maximum Gasteiger partial charge on any atom is 0.205 e. The van der Waals surface area contributed by atoms with E-state index < -0.39 is 0 Å². The number of nitrogens with zero attached hydrogens (tertiary/aromatic N) is 2. The summed E-state index contributed by atoms with van der Waals surface area (Å²) in [5.74, 6) is 6.76. The zero-order valence-corrected chi connectivity index (χ0v) is 11.5. The molecular formula is C12H27N5. The Hall–Kier alpha value is -0.810. The predicted molar refractivity (Wildman–Crippen MR) is 72.7 cm³/mol. The lowest BCUT2D eigenvalue weighted by Gasteiger charge is -2.35. The average molecular weight is 241 g/mol. The van der Waals surface area contributed by atoms with Crippen molar-refractivity contribution in [1.29, 1.82) is 0 Å². The number of hydrogen-bond acceptors (Lipinski definition) is 3. The normalized spacial score (nSPS) is 27.3. The molecule has 17 heavy (non-hydrogen) atoms. The van der Waals surface area contributed by atoms with Crippen LogP contribution in [0.25, 0.3) is 0 Å². The zero-order chi connectivity index (χ0) is 12.8. The largest absolute Gasteiger partial charge is 0.352 e. The number of guanidine groups is 1. The lowest BCUT2D eigenvalue weighted by molar-refractivity contribution is 0.176. The molecule has 100 valence electrons. The number of nitrogens with one attached hydrogen (secondary N) is 2. The Kier molecular flexibility index (Phi) is 5.71. The molecule has 1 rings (SSSR count). The molecule has 0 saturated carbocycles. The SMILES string of the molecule is CC(C)CN=C(NN)NC1CCN(C)C(C)C1. The standard InChI is InChI=1S/C12H27N5/c1-9(2)8-14-12(16-13)15-11-5-6-17(4)10(3)7-11/h9-11H,5-8,13H2,1-4H3,(H2,14,15,16). The van der Waals surface area contributed by atoms with Crippen LogP contribution in [0.2, 0.25) is 0 Å². The Morgan fingerprint density at radius 2 is 2.24 bits per heavy atom. The fourth-order valence-corrected chi connectivity index (χ4v) is 2.02. The molecule has 4 N–H and O–H groups in total. The molecule has 1 heterocycles. The number of aliphatic imine (C=N–C) groups is 1. The van der Waals surface area contributed by atoms with Crippen molar-refractivity contribution in [3.63, 3.8) is 0 Å². The Bertz CT molecular complexity index is 251. The molecule has 0 aromatic heterocycles. The highest BCUT2D eigenvalue weighted by atomic mass is 15.3. The topological polar surface area (TPSA) is 65.7 Å². The quantitative estimate of drug-likeness (QED) is 0.292. The van der Waals surface area contributed by atoms with Crippen LogP contribution in [0.1, 0.15) is 33.6 Å². The summed E-state index contributed by atoms with van der Waals surface area (Å²) in [6.07, 6.45) is 2.28. The molecule has 5 heteroatoms. The molecule has 0 bridgehead atoms. The molecule has 1 saturated heterocycles. The van der Waals surface area contributed by atoms with Crippen molar-refractivity contribution in [3.05, 3.63) is 0 Å². The maximum atomic E-state index is 5.48. The highest BCUT2D eigenvalue weighted by molar-refractivity contribution is 5.79. The molecule has 1 fully saturated rings. The van der Waals surface area contributed by atoms with Crippen molar-refractivity contribution < 1.29 is 0 Å². The summed E-state index contributed by atoms with van der Waals surface area (Å²) in [6, 6.07) is 1.09. The summed E-state index contributed by atoms with van der Waals surface area (Å²) in [4.78, 5) is 6.82. The van der Waals surface area contributed by atoms with Crippen LogP contribution in [0.4, 0.5) is 0 Å². The van der Waals surface area contributed by atoms with Crippen molar-refractivity contribution >= 4 is 5.96 Å². The molecule has 2 atom stereocenters. The van der Waals surface area contributed by atoms with Gasteiger partial charge in [0.25, 0.3) is 0 Å². The minimum absolute atomic E-state index is 0.475. The summed E-state index contributed by atoms with van der Waals surface area (Å²) in [7, 11) is 2.18. The number of hydrazine groups is 1. The minimum Gasteiger partial charge on any atom is -0.352 e. The van der Waals surface area contributed by atoms with Gasteiger partial charge in [0.2, 0.25) is 5.96 Å². The molecule has 0 aliphatic carbocycles. The number of nitrogens with two attached hydrogens (primary N) is 1. The Morgan fingerprint density at radius 3 is 2.76 bits per heavy atom. The van der Waals surface area contributed by atoms with E-state index in [1.54, 1.807) is 0 Å². The van der Waals surface area contributed by atoms with Gasteiger partial charge in [0.1, 0.15) is 0 Å². The average Bonchev–Trinajstić information content (AvgIpc) is 2.28. The van der Waals surface area contributed by atoms with E-state index in [0.29, 0.717) is 18.0 Å². The van der Waals surface area contributed by atoms with Gasteiger partial charge in [0, 0.05) is 25.2 Å². The van der Waals surface area contributed by atoms with Crippen LogP contribution in [0, 0.1) is 5.92 Å². The van der Waals surface area contributed by atoms with Crippen LogP contribution in [-0.2, 0) is 0 Å². The van der Waals surface area contributed by atoms with E-state index in [1.165, 1.54) is 0 Å². The summed E-state index contributed by atoms with van der Waals surface area (Å²) >= 11 is 0. The molecule has 5 nitrogen and oxygen atoms in total. The van der Waals surface area contributed by atoms with E-state index in [9.17, 15) is 0 Å². The van der Waals surface area contributed by atoms with E-state index in [2.05, 4.69) is 48.5 Å². The van der Waals surface area contributed by atoms with Gasteiger partial charge in [-0.15, -0.1) is 0 Å². The lowest BCUT2D eigenvalue weighted by Crippen LogP contribution is -2.52. The van der Waals surface area contributed by atoms with Gasteiger partial charge in [-0.3, -0.25) is 10.4 Å². The Morgan fingerprint density at radius 1 is 1.53 bits per heavy atom. The van der Waals surface area contributed by atoms with Gasteiger partial charge in [0.15, 0.2) is 0 Å². The van der Waals surface area contributed by atoms with Crippen molar-refractivity contribution in [2.45, 2.75) is 45.7 Å². The van der Waals surface area contributed by atoms with E-state index in [0.717, 1.165) is 31.9 Å². The molecule has 0 aromatic carbocycles. The van der Waals surface area contributed by atoms with Gasteiger partial charge >= 0.3 is 0 Å². The summed E-state index contributed by atoms with van der Waals surface area (Å²) in [5, 5.41) is 3.40. The molecule has 0 radical (unpaired) electrons. The number of rotatable bonds is 3. The van der Waals surface area contributed by atoms with E-state index >= 15 is 0 Å².